The summed E-state index contributed by atoms with van der Waals surface area (Å²) in [6.07, 6.45) is 0. The van der Waals surface area contributed by atoms with Gasteiger partial charge in [0.2, 0.25) is 5.91 Å². The van der Waals surface area contributed by atoms with Gasteiger partial charge in [-0.05, 0) is 0 Å². The van der Waals surface area contributed by atoms with E-state index in [1.165, 1.54) is 0 Å². The summed E-state index contributed by atoms with van der Waals surface area (Å²) < 4.78 is 0. The van der Waals surface area contributed by atoms with Crippen molar-refractivity contribution in [3.63, 3.8) is 0 Å². The number of hydrogen-bond acceptors (Lipinski definition) is 1. The molecule has 1 amide bonds. The fourth-order valence-electron chi connectivity index (χ4n) is 1.31. The lowest BCUT2D eigenvalue weighted by molar-refractivity contribution is -0.145. The van der Waals surface area contributed by atoms with Crippen molar-refractivity contribution in [2.45, 2.75) is 20.8 Å². The van der Waals surface area contributed by atoms with Crippen LogP contribution in [0, 0.1) is 11.3 Å². The van der Waals surface area contributed by atoms with Crippen molar-refractivity contribution in [1.82, 2.24) is 4.90 Å². The molecular formula is C9H16ClNO. The molecule has 0 atom stereocenters. The topological polar surface area (TPSA) is 20.3 Å². The van der Waals surface area contributed by atoms with Crippen LogP contribution in [0.25, 0.3) is 0 Å². The van der Waals surface area contributed by atoms with Gasteiger partial charge < -0.3 is 4.90 Å². The molecule has 0 aromatic heterocycles. The molecule has 70 valence electrons. The molecule has 0 aliphatic carbocycles. The van der Waals surface area contributed by atoms with Crippen LogP contribution in [0.3, 0.4) is 0 Å². The van der Waals surface area contributed by atoms with Crippen LogP contribution in [0.4, 0.5) is 0 Å². The van der Waals surface area contributed by atoms with Crippen molar-refractivity contribution in [2.24, 2.45) is 11.3 Å². The zero-order valence-electron chi connectivity index (χ0n) is 7.93. The summed E-state index contributed by atoms with van der Waals surface area (Å²) in [7, 11) is 0. The van der Waals surface area contributed by atoms with E-state index in [-0.39, 0.29) is 11.3 Å². The van der Waals surface area contributed by atoms with Gasteiger partial charge >= 0.3 is 0 Å². The zero-order valence-corrected chi connectivity index (χ0v) is 8.69. The molecule has 0 saturated carbocycles. The largest absolute Gasteiger partial charge is 0.341 e. The van der Waals surface area contributed by atoms with Gasteiger partial charge in [0, 0.05) is 30.3 Å². The highest BCUT2D eigenvalue weighted by molar-refractivity contribution is 6.18. The standard InChI is InChI=1S/C9H16ClNO/c1-9(2,3)8(12)11-5-7(4-10)6-11/h7H,4-6H2,1-3H3. The molecule has 12 heavy (non-hydrogen) atoms. The van der Waals surface area contributed by atoms with Gasteiger partial charge in [-0.25, -0.2) is 0 Å². The summed E-state index contributed by atoms with van der Waals surface area (Å²) in [5.74, 6) is 1.44. The van der Waals surface area contributed by atoms with Gasteiger partial charge in [-0.3, -0.25) is 4.79 Å². The predicted molar refractivity (Wildman–Crippen MR) is 50.2 cm³/mol. The van der Waals surface area contributed by atoms with Gasteiger partial charge in [0.15, 0.2) is 0 Å². The molecule has 0 aromatic rings. The number of rotatable bonds is 1. The maximum atomic E-state index is 11.6. The number of amides is 1. The first kappa shape index (κ1) is 9.85. The number of carbonyl (C=O) groups is 1. The summed E-state index contributed by atoms with van der Waals surface area (Å²) in [4.78, 5) is 13.5. The summed E-state index contributed by atoms with van der Waals surface area (Å²) in [5.41, 5.74) is -0.239. The molecule has 1 aliphatic rings. The number of carbonyl (C=O) groups excluding carboxylic acids is 1. The molecule has 1 rings (SSSR count). The van der Waals surface area contributed by atoms with Crippen LogP contribution in [0.5, 0.6) is 0 Å². The maximum Gasteiger partial charge on any atom is 0.227 e. The fraction of sp³-hybridized carbons (Fsp3) is 0.889. The summed E-state index contributed by atoms with van der Waals surface area (Å²) in [5, 5.41) is 0. The first-order valence-electron chi connectivity index (χ1n) is 4.30. The Labute approximate surface area is 78.9 Å². The molecule has 1 heterocycles. The average molecular weight is 190 g/mol. The van der Waals surface area contributed by atoms with E-state index in [0.717, 1.165) is 13.1 Å². The van der Waals surface area contributed by atoms with Crippen molar-refractivity contribution in [1.29, 1.82) is 0 Å². The minimum Gasteiger partial charge on any atom is -0.341 e. The Hall–Kier alpha value is -0.240. The molecule has 0 unspecified atom stereocenters. The van der Waals surface area contributed by atoms with Crippen LogP contribution >= 0.6 is 11.6 Å². The normalized spacial score (nSPS) is 19.2. The Morgan fingerprint density at radius 1 is 1.50 bits per heavy atom. The van der Waals surface area contributed by atoms with Gasteiger partial charge in [0.25, 0.3) is 0 Å². The molecule has 2 nitrogen and oxygen atoms in total. The minimum atomic E-state index is -0.239. The third-order valence-corrected chi connectivity index (χ3v) is 2.54. The lowest BCUT2D eigenvalue weighted by Crippen LogP contribution is -2.54. The summed E-state index contributed by atoms with van der Waals surface area (Å²) in [6, 6.07) is 0. The second-order valence-corrected chi connectivity index (χ2v) is 4.79. The van der Waals surface area contributed by atoms with Crippen molar-refractivity contribution in [3.8, 4) is 0 Å². The van der Waals surface area contributed by atoms with E-state index in [1.54, 1.807) is 0 Å². The summed E-state index contributed by atoms with van der Waals surface area (Å²) >= 11 is 5.65. The van der Waals surface area contributed by atoms with E-state index >= 15 is 0 Å². The van der Waals surface area contributed by atoms with Crippen LogP contribution < -0.4 is 0 Å². The van der Waals surface area contributed by atoms with Crippen molar-refractivity contribution < 1.29 is 4.79 Å². The van der Waals surface area contributed by atoms with Crippen LogP contribution in [-0.2, 0) is 4.79 Å². The third-order valence-electron chi connectivity index (χ3n) is 2.10. The van der Waals surface area contributed by atoms with Gasteiger partial charge in [0.05, 0.1) is 0 Å². The smallest absolute Gasteiger partial charge is 0.227 e. The van der Waals surface area contributed by atoms with E-state index in [1.807, 2.05) is 25.7 Å². The molecular weight excluding hydrogens is 174 g/mol. The maximum absolute atomic E-state index is 11.6. The highest BCUT2D eigenvalue weighted by atomic mass is 35.5. The minimum absolute atomic E-state index is 0.239. The first-order valence-corrected chi connectivity index (χ1v) is 4.84. The Morgan fingerprint density at radius 2 is 2.00 bits per heavy atom. The molecule has 0 bridgehead atoms. The highest BCUT2D eigenvalue weighted by Crippen LogP contribution is 2.24. The molecule has 1 aliphatic heterocycles. The van der Waals surface area contributed by atoms with Crippen LogP contribution in [0.2, 0.25) is 0 Å². The molecule has 3 heteroatoms. The zero-order chi connectivity index (χ0) is 9.35. The fourth-order valence-corrected chi connectivity index (χ4v) is 1.50. The van der Waals surface area contributed by atoms with Gasteiger partial charge in [-0.15, -0.1) is 11.6 Å². The Bertz CT molecular complexity index is 179. The number of hydrogen-bond donors (Lipinski definition) is 0. The first-order chi connectivity index (χ1) is 5.45. The summed E-state index contributed by atoms with van der Waals surface area (Å²) in [6.45, 7) is 7.54. The van der Waals surface area contributed by atoms with Crippen molar-refractivity contribution in [2.75, 3.05) is 19.0 Å². The van der Waals surface area contributed by atoms with Crippen molar-refractivity contribution >= 4 is 17.5 Å². The molecule has 0 radical (unpaired) electrons. The van der Waals surface area contributed by atoms with E-state index < -0.39 is 0 Å². The lowest BCUT2D eigenvalue weighted by Gasteiger charge is -2.41. The highest BCUT2D eigenvalue weighted by Gasteiger charge is 2.35. The molecule has 0 aromatic carbocycles. The van der Waals surface area contributed by atoms with E-state index in [0.29, 0.717) is 11.8 Å². The number of nitrogens with zero attached hydrogens (tertiary/aromatic N) is 1. The molecule has 0 spiro atoms. The number of halogens is 1. The average Bonchev–Trinajstić information content (AvgIpc) is 1.83. The van der Waals surface area contributed by atoms with E-state index in [9.17, 15) is 4.79 Å². The van der Waals surface area contributed by atoms with Crippen molar-refractivity contribution in [3.05, 3.63) is 0 Å². The third kappa shape index (κ3) is 1.92. The number of alkyl halides is 1. The Kier molecular flexibility index (Phi) is 2.67. The predicted octanol–water partition coefficient (Wildman–Crippen LogP) is 1.73. The van der Waals surface area contributed by atoms with Crippen LogP contribution in [-0.4, -0.2) is 29.8 Å². The van der Waals surface area contributed by atoms with Gasteiger partial charge in [-0.1, -0.05) is 20.8 Å². The monoisotopic (exact) mass is 189 g/mol. The van der Waals surface area contributed by atoms with E-state index in [2.05, 4.69) is 0 Å². The van der Waals surface area contributed by atoms with Gasteiger partial charge in [-0.2, -0.15) is 0 Å². The SMILES string of the molecule is CC(C)(C)C(=O)N1CC(CCl)C1. The van der Waals surface area contributed by atoms with Crippen LogP contribution in [0.15, 0.2) is 0 Å². The second-order valence-electron chi connectivity index (χ2n) is 4.48. The second kappa shape index (κ2) is 3.25. The lowest BCUT2D eigenvalue weighted by atomic mass is 9.91. The van der Waals surface area contributed by atoms with E-state index in [4.69, 9.17) is 11.6 Å². The molecule has 1 saturated heterocycles. The van der Waals surface area contributed by atoms with Gasteiger partial charge in [0.1, 0.15) is 0 Å². The Balaban J connectivity index is 2.39. The molecule has 0 N–H and O–H groups in total. The number of likely N-dealkylation sites (tertiary alicyclic amines) is 1. The Morgan fingerprint density at radius 3 is 2.33 bits per heavy atom. The van der Waals surface area contributed by atoms with Crippen LogP contribution in [0.1, 0.15) is 20.8 Å². The molecule has 1 fully saturated rings. The quantitative estimate of drug-likeness (QED) is 0.576.